The van der Waals surface area contributed by atoms with Gasteiger partial charge in [-0.3, -0.25) is 4.79 Å². The average molecular weight is 251 g/mol. The number of hydrogen-bond acceptors (Lipinski definition) is 1. The van der Waals surface area contributed by atoms with E-state index in [-0.39, 0.29) is 16.5 Å². The van der Waals surface area contributed by atoms with Crippen molar-refractivity contribution in [3.63, 3.8) is 0 Å². The Labute approximate surface area is 81.3 Å². The van der Waals surface area contributed by atoms with Crippen LogP contribution in [0.1, 0.15) is 5.56 Å². The smallest absolute Gasteiger partial charge is 0.307 e. The monoisotopic (exact) mass is 250 g/mol. The molecule has 0 radical (unpaired) electrons. The van der Waals surface area contributed by atoms with Gasteiger partial charge in [-0.05, 0) is 33.6 Å². The maximum absolute atomic E-state index is 12.7. The Balaban J connectivity index is 3.06. The summed E-state index contributed by atoms with van der Waals surface area (Å²) in [5, 5.41) is 8.39. The highest BCUT2D eigenvalue weighted by atomic mass is 79.9. The van der Waals surface area contributed by atoms with Gasteiger partial charge in [0.25, 0.3) is 0 Å². The molecule has 0 aliphatic carbocycles. The maximum atomic E-state index is 12.7. The van der Waals surface area contributed by atoms with E-state index in [0.717, 1.165) is 6.07 Å². The third kappa shape index (κ3) is 2.48. The van der Waals surface area contributed by atoms with Gasteiger partial charge in [-0.25, -0.2) is 8.78 Å². The van der Waals surface area contributed by atoms with Gasteiger partial charge in [-0.2, -0.15) is 0 Å². The molecule has 0 aliphatic rings. The van der Waals surface area contributed by atoms with Gasteiger partial charge in [-0.15, -0.1) is 0 Å². The third-order valence-corrected chi connectivity index (χ3v) is 1.98. The molecule has 5 heteroatoms. The second-order valence-electron chi connectivity index (χ2n) is 2.44. The van der Waals surface area contributed by atoms with Crippen LogP contribution in [0.4, 0.5) is 8.78 Å². The van der Waals surface area contributed by atoms with Gasteiger partial charge < -0.3 is 5.11 Å². The normalized spacial score (nSPS) is 10.1. The minimum absolute atomic E-state index is 0.0660. The zero-order valence-corrected chi connectivity index (χ0v) is 7.94. The standard InChI is InChI=1S/C8H5BrF2O2/c9-5-1-4(3-7(12)13)2-6(10)8(5)11/h1-2H,3H2,(H,12,13). The highest BCUT2D eigenvalue weighted by molar-refractivity contribution is 9.10. The number of rotatable bonds is 2. The van der Waals surface area contributed by atoms with Crippen LogP contribution in [0, 0.1) is 11.6 Å². The summed E-state index contributed by atoms with van der Waals surface area (Å²) < 4.78 is 25.3. The molecule has 0 bridgehead atoms. The first-order chi connectivity index (χ1) is 6.00. The van der Waals surface area contributed by atoms with Crippen LogP contribution in [0.15, 0.2) is 16.6 Å². The summed E-state index contributed by atoms with van der Waals surface area (Å²) in [7, 11) is 0. The van der Waals surface area contributed by atoms with E-state index in [1.807, 2.05) is 0 Å². The Kier molecular flexibility index (Phi) is 2.98. The van der Waals surface area contributed by atoms with Gasteiger partial charge >= 0.3 is 5.97 Å². The highest BCUT2D eigenvalue weighted by Crippen LogP contribution is 2.20. The van der Waals surface area contributed by atoms with Crippen LogP contribution in [0.5, 0.6) is 0 Å². The third-order valence-electron chi connectivity index (χ3n) is 1.40. The van der Waals surface area contributed by atoms with Crippen LogP contribution in [-0.2, 0) is 11.2 Å². The van der Waals surface area contributed by atoms with E-state index in [2.05, 4.69) is 15.9 Å². The molecule has 0 saturated heterocycles. The summed E-state index contributed by atoms with van der Waals surface area (Å²) in [4.78, 5) is 10.2. The summed E-state index contributed by atoms with van der Waals surface area (Å²) in [5.41, 5.74) is 0.221. The summed E-state index contributed by atoms with van der Waals surface area (Å²) in [6, 6.07) is 2.11. The Morgan fingerprint density at radius 2 is 2.08 bits per heavy atom. The second-order valence-corrected chi connectivity index (χ2v) is 3.30. The molecule has 0 fully saturated rings. The zero-order chi connectivity index (χ0) is 10.0. The first-order valence-electron chi connectivity index (χ1n) is 3.36. The lowest BCUT2D eigenvalue weighted by Gasteiger charge is -2.00. The molecule has 1 aromatic rings. The molecule has 1 rings (SSSR count). The van der Waals surface area contributed by atoms with Crippen LogP contribution in [0.25, 0.3) is 0 Å². The molecule has 0 saturated carbocycles. The number of carboxylic acids is 1. The number of carboxylic acid groups (broad SMARTS) is 1. The minimum Gasteiger partial charge on any atom is -0.481 e. The largest absolute Gasteiger partial charge is 0.481 e. The van der Waals surface area contributed by atoms with Gasteiger partial charge in [-0.1, -0.05) is 0 Å². The lowest BCUT2D eigenvalue weighted by atomic mass is 10.1. The lowest BCUT2D eigenvalue weighted by Crippen LogP contribution is -2.01. The molecule has 70 valence electrons. The molecule has 13 heavy (non-hydrogen) atoms. The molecule has 0 atom stereocenters. The molecular formula is C8H5BrF2O2. The number of halogens is 3. The summed E-state index contributed by atoms with van der Waals surface area (Å²) >= 11 is 2.78. The summed E-state index contributed by atoms with van der Waals surface area (Å²) in [5.74, 6) is -3.14. The quantitative estimate of drug-likeness (QED) is 0.819. The van der Waals surface area contributed by atoms with Crippen LogP contribution in [0.2, 0.25) is 0 Å². The van der Waals surface area contributed by atoms with Crippen molar-refractivity contribution in [1.29, 1.82) is 0 Å². The van der Waals surface area contributed by atoms with E-state index >= 15 is 0 Å². The Bertz CT molecular complexity index is 329. The summed E-state index contributed by atoms with van der Waals surface area (Å²) in [6.07, 6.45) is -0.324. The molecule has 0 unspecified atom stereocenters. The molecule has 2 nitrogen and oxygen atoms in total. The predicted octanol–water partition coefficient (Wildman–Crippen LogP) is 2.35. The molecule has 0 aliphatic heterocycles. The number of carbonyl (C=O) groups is 1. The molecule has 1 N–H and O–H groups in total. The van der Waals surface area contributed by atoms with E-state index in [4.69, 9.17) is 5.11 Å². The topological polar surface area (TPSA) is 37.3 Å². The fourth-order valence-electron chi connectivity index (χ4n) is 0.885. The average Bonchev–Trinajstić information content (AvgIpc) is 1.98. The SMILES string of the molecule is O=C(O)Cc1cc(F)c(F)c(Br)c1. The van der Waals surface area contributed by atoms with Crippen LogP contribution in [0.3, 0.4) is 0 Å². The van der Waals surface area contributed by atoms with Crippen molar-refractivity contribution in [1.82, 2.24) is 0 Å². The van der Waals surface area contributed by atoms with Gasteiger partial charge in [0.15, 0.2) is 11.6 Å². The lowest BCUT2D eigenvalue weighted by molar-refractivity contribution is -0.136. The van der Waals surface area contributed by atoms with Gasteiger partial charge in [0.1, 0.15) is 0 Å². The molecule has 1 aromatic carbocycles. The second kappa shape index (κ2) is 3.83. The van der Waals surface area contributed by atoms with Crippen molar-refractivity contribution in [2.75, 3.05) is 0 Å². The number of hydrogen-bond donors (Lipinski definition) is 1. The Morgan fingerprint density at radius 1 is 1.46 bits per heavy atom. The zero-order valence-electron chi connectivity index (χ0n) is 6.35. The molecule has 0 amide bonds. The van der Waals surface area contributed by atoms with Gasteiger partial charge in [0.2, 0.25) is 0 Å². The molecular weight excluding hydrogens is 246 g/mol. The Morgan fingerprint density at radius 3 is 2.54 bits per heavy atom. The highest BCUT2D eigenvalue weighted by Gasteiger charge is 2.10. The number of aliphatic carboxylic acids is 1. The van der Waals surface area contributed by atoms with Crippen molar-refractivity contribution in [2.24, 2.45) is 0 Å². The first-order valence-corrected chi connectivity index (χ1v) is 4.15. The maximum Gasteiger partial charge on any atom is 0.307 e. The molecule has 0 spiro atoms. The fourth-order valence-corrected chi connectivity index (χ4v) is 1.37. The van der Waals surface area contributed by atoms with E-state index in [1.165, 1.54) is 6.07 Å². The van der Waals surface area contributed by atoms with E-state index in [1.54, 1.807) is 0 Å². The van der Waals surface area contributed by atoms with Gasteiger partial charge in [0, 0.05) is 0 Å². The van der Waals surface area contributed by atoms with Crippen LogP contribution >= 0.6 is 15.9 Å². The molecule has 0 aromatic heterocycles. The van der Waals surface area contributed by atoms with Crippen molar-refractivity contribution >= 4 is 21.9 Å². The summed E-state index contributed by atoms with van der Waals surface area (Å²) in [6.45, 7) is 0. The van der Waals surface area contributed by atoms with Crippen molar-refractivity contribution in [3.8, 4) is 0 Å². The van der Waals surface area contributed by atoms with E-state index in [0.29, 0.717) is 0 Å². The van der Waals surface area contributed by atoms with Crippen LogP contribution in [-0.4, -0.2) is 11.1 Å². The predicted molar refractivity (Wildman–Crippen MR) is 45.4 cm³/mol. The van der Waals surface area contributed by atoms with Crippen molar-refractivity contribution in [3.05, 3.63) is 33.8 Å². The molecule has 0 heterocycles. The fraction of sp³-hybridized carbons (Fsp3) is 0.125. The van der Waals surface area contributed by atoms with E-state index in [9.17, 15) is 13.6 Å². The van der Waals surface area contributed by atoms with Gasteiger partial charge in [0.05, 0.1) is 10.9 Å². The van der Waals surface area contributed by atoms with Crippen molar-refractivity contribution in [2.45, 2.75) is 6.42 Å². The van der Waals surface area contributed by atoms with Crippen LogP contribution < -0.4 is 0 Å². The minimum atomic E-state index is -1.09. The first kappa shape index (κ1) is 10.1. The number of benzene rings is 1. The Hall–Kier alpha value is -0.970. The van der Waals surface area contributed by atoms with E-state index < -0.39 is 17.6 Å². The van der Waals surface area contributed by atoms with Crippen molar-refractivity contribution < 1.29 is 18.7 Å².